The molecule has 19 heavy (non-hydrogen) atoms. The summed E-state index contributed by atoms with van der Waals surface area (Å²) in [7, 11) is -3.54. The number of aromatic amines is 1. The Kier molecular flexibility index (Phi) is 3.08. The largest absolute Gasteiger partial charge is 0.279 e. The van der Waals surface area contributed by atoms with Crippen LogP contribution >= 0.6 is 27.3 Å². The van der Waals surface area contributed by atoms with Gasteiger partial charge in [0.25, 0.3) is 10.0 Å². The minimum absolute atomic E-state index is 0.268. The van der Waals surface area contributed by atoms with Crippen molar-refractivity contribution in [2.45, 2.75) is 4.21 Å². The molecule has 0 aliphatic rings. The van der Waals surface area contributed by atoms with Gasteiger partial charge in [-0.25, -0.2) is 8.42 Å². The molecular formula is C11H8BrN3O2S2. The van der Waals surface area contributed by atoms with Crippen LogP contribution in [0.5, 0.6) is 0 Å². The lowest BCUT2D eigenvalue weighted by atomic mass is 10.2. The molecule has 0 atom stereocenters. The summed E-state index contributed by atoms with van der Waals surface area (Å²) in [5, 5.41) is 7.63. The van der Waals surface area contributed by atoms with E-state index in [1.165, 1.54) is 11.3 Å². The van der Waals surface area contributed by atoms with Crippen LogP contribution in [0.4, 0.5) is 5.69 Å². The van der Waals surface area contributed by atoms with Gasteiger partial charge in [-0.1, -0.05) is 0 Å². The molecule has 0 bridgehead atoms. The standard InChI is InChI=1S/C11H8BrN3O2S2/c12-10-3-4-11(18-10)19(16,17)15-8-2-1-7-6-13-14-9(7)5-8/h1-6,15H,(H,13,14). The van der Waals surface area contributed by atoms with Crippen LogP contribution in [0.15, 0.2) is 44.5 Å². The first-order valence-electron chi connectivity index (χ1n) is 5.26. The van der Waals surface area contributed by atoms with Gasteiger partial charge in [-0.05, 0) is 46.3 Å². The molecule has 2 N–H and O–H groups in total. The van der Waals surface area contributed by atoms with Crippen LogP contribution in [0.3, 0.4) is 0 Å². The average Bonchev–Trinajstić information content (AvgIpc) is 2.96. The maximum Gasteiger partial charge on any atom is 0.271 e. The van der Waals surface area contributed by atoms with Gasteiger partial charge in [-0.15, -0.1) is 11.3 Å². The molecule has 5 nitrogen and oxygen atoms in total. The Morgan fingerprint density at radius 3 is 2.84 bits per heavy atom. The molecule has 0 radical (unpaired) electrons. The number of hydrogen-bond acceptors (Lipinski definition) is 4. The Hall–Kier alpha value is -1.38. The van der Waals surface area contributed by atoms with Crippen LogP contribution in [0, 0.1) is 0 Å². The summed E-state index contributed by atoms with van der Waals surface area (Å²) in [6, 6.07) is 8.49. The number of anilines is 1. The molecule has 3 rings (SSSR count). The molecule has 1 aromatic carbocycles. The molecule has 3 aromatic rings. The van der Waals surface area contributed by atoms with Crippen molar-refractivity contribution in [3.05, 3.63) is 40.3 Å². The molecule has 0 saturated heterocycles. The number of benzene rings is 1. The summed E-state index contributed by atoms with van der Waals surface area (Å²) in [6.45, 7) is 0. The van der Waals surface area contributed by atoms with E-state index in [2.05, 4.69) is 30.8 Å². The number of thiophene rings is 1. The number of aromatic nitrogens is 2. The summed E-state index contributed by atoms with van der Waals surface area (Å²) in [4.78, 5) is 0. The molecule has 2 aromatic heterocycles. The van der Waals surface area contributed by atoms with E-state index in [9.17, 15) is 8.42 Å². The lowest BCUT2D eigenvalue weighted by molar-refractivity contribution is 0.603. The van der Waals surface area contributed by atoms with E-state index in [-0.39, 0.29) is 4.21 Å². The Bertz CT molecular complexity index is 838. The number of H-pyrrole nitrogens is 1. The van der Waals surface area contributed by atoms with E-state index in [0.717, 1.165) is 14.7 Å². The van der Waals surface area contributed by atoms with Crippen molar-refractivity contribution in [2.24, 2.45) is 0 Å². The SMILES string of the molecule is O=S(=O)(Nc1ccc2cn[nH]c2c1)c1ccc(Br)s1. The minimum Gasteiger partial charge on any atom is -0.279 e. The van der Waals surface area contributed by atoms with Crippen LogP contribution in [0.1, 0.15) is 0 Å². The first kappa shape index (κ1) is 12.6. The molecule has 0 aliphatic carbocycles. The highest BCUT2D eigenvalue weighted by Crippen LogP contribution is 2.28. The van der Waals surface area contributed by atoms with Gasteiger partial charge in [0.1, 0.15) is 4.21 Å². The highest BCUT2D eigenvalue weighted by atomic mass is 79.9. The van der Waals surface area contributed by atoms with Crippen LogP contribution in [-0.2, 0) is 10.0 Å². The van der Waals surface area contributed by atoms with Crippen molar-refractivity contribution in [1.82, 2.24) is 10.2 Å². The van der Waals surface area contributed by atoms with Gasteiger partial charge in [0, 0.05) is 5.39 Å². The van der Waals surface area contributed by atoms with Gasteiger partial charge >= 0.3 is 0 Å². The highest BCUT2D eigenvalue weighted by molar-refractivity contribution is 9.11. The van der Waals surface area contributed by atoms with Gasteiger partial charge in [-0.2, -0.15) is 5.10 Å². The van der Waals surface area contributed by atoms with Crippen LogP contribution < -0.4 is 4.72 Å². The zero-order chi connectivity index (χ0) is 13.5. The zero-order valence-electron chi connectivity index (χ0n) is 9.42. The Labute approximate surface area is 121 Å². The molecule has 0 saturated carbocycles. The highest BCUT2D eigenvalue weighted by Gasteiger charge is 2.16. The molecular weight excluding hydrogens is 350 g/mol. The van der Waals surface area contributed by atoms with Crippen molar-refractivity contribution in [1.29, 1.82) is 0 Å². The smallest absolute Gasteiger partial charge is 0.271 e. The Balaban J connectivity index is 1.95. The van der Waals surface area contributed by atoms with Crippen molar-refractivity contribution in [3.63, 3.8) is 0 Å². The fourth-order valence-electron chi connectivity index (χ4n) is 1.65. The lowest BCUT2D eigenvalue weighted by Gasteiger charge is -2.05. The average molecular weight is 358 g/mol. The molecule has 0 unspecified atom stereocenters. The van der Waals surface area contributed by atoms with E-state index >= 15 is 0 Å². The summed E-state index contributed by atoms with van der Waals surface area (Å²) in [5.74, 6) is 0. The first-order valence-corrected chi connectivity index (χ1v) is 8.35. The van der Waals surface area contributed by atoms with Gasteiger partial charge in [-0.3, -0.25) is 9.82 Å². The van der Waals surface area contributed by atoms with E-state index < -0.39 is 10.0 Å². The molecule has 98 valence electrons. The van der Waals surface area contributed by atoms with Gasteiger partial charge in [0.05, 0.1) is 21.2 Å². The van der Waals surface area contributed by atoms with Crippen LogP contribution in [-0.4, -0.2) is 18.6 Å². The van der Waals surface area contributed by atoms with E-state index in [1.54, 1.807) is 36.5 Å². The fourth-order valence-corrected chi connectivity index (χ4v) is 4.71. The van der Waals surface area contributed by atoms with Crippen molar-refractivity contribution in [2.75, 3.05) is 4.72 Å². The van der Waals surface area contributed by atoms with Gasteiger partial charge < -0.3 is 0 Å². The molecule has 0 amide bonds. The lowest BCUT2D eigenvalue weighted by Crippen LogP contribution is -2.11. The fraction of sp³-hybridized carbons (Fsp3) is 0. The molecule has 8 heteroatoms. The number of nitrogens with zero attached hydrogens (tertiary/aromatic N) is 1. The van der Waals surface area contributed by atoms with Gasteiger partial charge in [0.2, 0.25) is 0 Å². The third-order valence-corrected chi connectivity index (χ3v) is 6.00. The number of sulfonamides is 1. The predicted molar refractivity (Wildman–Crippen MR) is 78.9 cm³/mol. The third-order valence-electron chi connectivity index (χ3n) is 2.51. The van der Waals surface area contributed by atoms with E-state index in [0.29, 0.717) is 5.69 Å². The van der Waals surface area contributed by atoms with E-state index in [4.69, 9.17) is 0 Å². The second kappa shape index (κ2) is 4.62. The third kappa shape index (κ3) is 2.51. The number of fused-ring (bicyclic) bond motifs is 1. The normalized spacial score (nSPS) is 11.8. The van der Waals surface area contributed by atoms with Gasteiger partial charge in [0.15, 0.2) is 0 Å². The summed E-state index contributed by atoms with van der Waals surface area (Å²) in [5.41, 5.74) is 1.29. The molecule has 0 aliphatic heterocycles. The van der Waals surface area contributed by atoms with Crippen LogP contribution in [0.2, 0.25) is 0 Å². The van der Waals surface area contributed by atoms with Crippen molar-refractivity contribution < 1.29 is 8.42 Å². The monoisotopic (exact) mass is 357 g/mol. The quantitative estimate of drug-likeness (QED) is 0.755. The molecule has 0 fully saturated rings. The molecule has 0 spiro atoms. The maximum absolute atomic E-state index is 12.1. The van der Waals surface area contributed by atoms with Crippen molar-refractivity contribution >= 4 is 53.9 Å². The zero-order valence-corrected chi connectivity index (χ0v) is 12.6. The minimum atomic E-state index is -3.54. The van der Waals surface area contributed by atoms with Crippen LogP contribution in [0.25, 0.3) is 10.9 Å². The maximum atomic E-state index is 12.1. The Morgan fingerprint density at radius 1 is 1.26 bits per heavy atom. The summed E-state index contributed by atoms with van der Waals surface area (Å²) >= 11 is 4.42. The second-order valence-corrected chi connectivity index (χ2v) is 8.21. The number of hydrogen-bond donors (Lipinski definition) is 2. The topological polar surface area (TPSA) is 74.8 Å². The molecule has 2 heterocycles. The number of halogens is 1. The Morgan fingerprint density at radius 2 is 2.11 bits per heavy atom. The van der Waals surface area contributed by atoms with Crippen molar-refractivity contribution in [3.8, 4) is 0 Å². The number of nitrogens with one attached hydrogen (secondary N) is 2. The first-order chi connectivity index (χ1) is 9.04. The number of rotatable bonds is 3. The summed E-state index contributed by atoms with van der Waals surface area (Å²) in [6.07, 6.45) is 1.68. The predicted octanol–water partition coefficient (Wildman–Crippen LogP) is 3.19. The van der Waals surface area contributed by atoms with E-state index in [1.807, 2.05) is 0 Å². The second-order valence-electron chi connectivity index (χ2n) is 3.84. The summed E-state index contributed by atoms with van der Waals surface area (Å²) < 4.78 is 27.9.